The summed E-state index contributed by atoms with van der Waals surface area (Å²) in [4.78, 5) is 25.7. The number of para-hydroxylation sites is 1. The number of hydrogen-bond acceptors (Lipinski definition) is 5. The molecule has 2 aliphatic heterocycles. The van der Waals surface area contributed by atoms with Crippen molar-refractivity contribution in [3.05, 3.63) is 63.6 Å². The van der Waals surface area contributed by atoms with E-state index >= 15 is 0 Å². The summed E-state index contributed by atoms with van der Waals surface area (Å²) in [5, 5.41) is 6.42. The predicted molar refractivity (Wildman–Crippen MR) is 140 cm³/mol. The SMILES string of the molecule is O=C(NC[C@H]1CCCO1)c1ccccc1NC(=O)C1CCN(S(=O)(=O)Cc2ccc(Cl)c(Cl)c2)CC1. The number of carbonyl (C=O) groups excluding carboxylic acids is 2. The molecule has 0 bridgehead atoms. The van der Waals surface area contributed by atoms with Gasteiger partial charge in [-0.25, -0.2) is 12.7 Å². The number of hydrogen-bond donors (Lipinski definition) is 2. The molecule has 2 aromatic rings. The molecule has 194 valence electrons. The van der Waals surface area contributed by atoms with Crippen LogP contribution in [0, 0.1) is 5.92 Å². The molecular weight excluding hydrogens is 525 g/mol. The van der Waals surface area contributed by atoms with E-state index in [9.17, 15) is 18.0 Å². The number of amides is 2. The molecule has 36 heavy (non-hydrogen) atoms. The smallest absolute Gasteiger partial charge is 0.253 e. The minimum absolute atomic E-state index is 0.0221. The lowest BCUT2D eigenvalue weighted by atomic mass is 9.97. The molecule has 0 radical (unpaired) electrons. The molecule has 2 heterocycles. The number of sulfonamides is 1. The highest BCUT2D eigenvalue weighted by Gasteiger charge is 2.31. The van der Waals surface area contributed by atoms with Gasteiger partial charge in [0.2, 0.25) is 15.9 Å². The van der Waals surface area contributed by atoms with Crippen LogP contribution in [0.5, 0.6) is 0 Å². The molecule has 2 aromatic carbocycles. The maximum Gasteiger partial charge on any atom is 0.253 e. The van der Waals surface area contributed by atoms with E-state index in [0.29, 0.717) is 52.9 Å². The molecule has 4 rings (SSSR count). The Labute approximate surface area is 221 Å². The molecule has 0 aliphatic carbocycles. The quantitative estimate of drug-likeness (QED) is 0.512. The molecule has 2 saturated heterocycles. The largest absolute Gasteiger partial charge is 0.376 e. The third kappa shape index (κ3) is 6.77. The minimum atomic E-state index is -3.57. The number of anilines is 1. The first kappa shape index (κ1) is 26.9. The predicted octanol–water partition coefficient (Wildman–Crippen LogP) is 4.08. The van der Waals surface area contributed by atoms with Crippen LogP contribution in [0.15, 0.2) is 42.5 Å². The Morgan fingerprint density at radius 3 is 2.47 bits per heavy atom. The number of nitrogens with zero attached hydrogens (tertiary/aromatic N) is 1. The summed E-state index contributed by atoms with van der Waals surface area (Å²) >= 11 is 11.9. The Bertz CT molecular complexity index is 1210. The number of nitrogens with one attached hydrogen (secondary N) is 2. The Hall–Kier alpha value is -2.17. The third-order valence-electron chi connectivity index (χ3n) is 6.50. The number of rotatable bonds is 8. The highest BCUT2D eigenvalue weighted by atomic mass is 35.5. The Morgan fingerprint density at radius 1 is 1.03 bits per heavy atom. The summed E-state index contributed by atoms with van der Waals surface area (Å²) in [6.45, 7) is 1.62. The van der Waals surface area contributed by atoms with Crippen LogP contribution in [-0.4, -0.2) is 56.9 Å². The van der Waals surface area contributed by atoms with Crippen molar-refractivity contribution >= 4 is 50.7 Å². The Balaban J connectivity index is 1.32. The van der Waals surface area contributed by atoms with Gasteiger partial charge in [0, 0.05) is 32.2 Å². The monoisotopic (exact) mass is 553 g/mol. The van der Waals surface area contributed by atoms with Crippen LogP contribution >= 0.6 is 23.2 Å². The third-order valence-corrected chi connectivity index (χ3v) is 9.08. The number of benzene rings is 2. The summed E-state index contributed by atoms with van der Waals surface area (Å²) in [6.07, 6.45) is 2.71. The topological polar surface area (TPSA) is 105 Å². The summed E-state index contributed by atoms with van der Waals surface area (Å²) in [5.74, 6) is -1.04. The molecular formula is C25H29Cl2N3O5S. The van der Waals surface area contributed by atoms with Crippen LogP contribution in [0.3, 0.4) is 0 Å². The second-order valence-electron chi connectivity index (χ2n) is 9.06. The molecule has 2 aliphatic rings. The first-order valence-corrected chi connectivity index (χ1v) is 14.3. The fourth-order valence-corrected chi connectivity index (χ4v) is 6.33. The number of piperidine rings is 1. The number of halogens is 2. The highest BCUT2D eigenvalue weighted by molar-refractivity contribution is 7.88. The fraction of sp³-hybridized carbons (Fsp3) is 0.440. The maximum atomic E-state index is 13.0. The van der Waals surface area contributed by atoms with Crippen molar-refractivity contribution in [3.8, 4) is 0 Å². The average molecular weight is 554 g/mol. The molecule has 8 nitrogen and oxygen atoms in total. The van der Waals surface area contributed by atoms with Crippen molar-refractivity contribution in [2.75, 3.05) is 31.6 Å². The van der Waals surface area contributed by atoms with Crippen LogP contribution in [0.4, 0.5) is 5.69 Å². The number of carbonyl (C=O) groups is 2. The molecule has 0 spiro atoms. The summed E-state index contributed by atoms with van der Waals surface area (Å²) in [6, 6.07) is 11.6. The standard InChI is InChI=1S/C25H29Cl2N3O5S/c26-21-8-7-17(14-22(21)27)16-36(33,34)30-11-9-18(10-12-30)24(31)29-23-6-2-1-5-20(23)25(32)28-15-19-4-3-13-35-19/h1-2,5-8,14,18-19H,3-4,9-13,15-16H2,(H,28,32)(H,29,31)/t19-/m1/s1. The van der Waals surface area contributed by atoms with Crippen LogP contribution in [0.1, 0.15) is 41.6 Å². The summed E-state index contributed by atoms with van der Waals surface area (Å²) in [5.41, 5.74) is 1.37. The van der Waals surface area contributed by atoms with Gasteiger partial charge in [0.25, 0.3) is 5.91 Å². The van der Waals surface area contributed by atoms with Crippen molar-refractivity contribution in [2.24, 2.45) is 5.92 Å². The van der Waals surface area contributed by atoms with E-state index in [2.05, 4.69) is 10.6 Å². The lowest BCUT2D eigenvalue weighted by molar-refractivity contribution is -0.120. The molecule has 0 saturated carbocycles. The molecule has 2 N–H and O–H groups in total. The second-order valence-corrected chi connectivity index (χ2v) is 11.8. The van der Waals surface area contributed by atoms with Gasteiger partial charge in [0.1, 0.15) is 0 Å². The van der Waals surface area contributed by atoms with Crippen LogP contribution < -0.4 is 10.6 Å². The molecule has 11 heteroatoms. The summed E-state index contributed by atoms with van der Waals surface area (Å²) in [7, 11) is -3.57. The zero-order valence-corrected chi connectivity index (χ0v) is 22.0. The molecule has 0 unspecified atom stereocenters. The van der Waals surface area contributed by atoms with Gasteiger partial charge < -0.3 is 15.4 Å². The molecule has 1 atom stereocenters. The van der Waals surface area contributed by atoms with Crippen LogP contribution in [0.25, 0.3) is 0 Å². The van der Waals surface area contributed by atoms with Crippen LogP contribution in [0.2, 0.25) is 10.0 Å². The van der Waals surface area contributed by atoms with Crippen LogP contribution in [-0.2, 0) is 25.3 Å². The van der Waals surface area contributed by atoms with E-state index in [1.807, 2.05) is 0 Å². The van der Waals surface area contributed by atoms with Crippen molar-refractivity contribution in [3.63, 3.8) is 0 Å². The van der Waals surface area contributed by atoms with E-state index in [0.717, 1.165) is 12.8 Å². The minimum Gasteiger partial charge on any atom is -0.376 e. The van der Waals surface area contributed by atoms with Gasteiger partial charge in [-0.2, -0.15) is 0 Å². The Morgan fingerprint density at radius 2 is 1.78 bits per heavy atom. The van der Waals surface area contributed by atoms with Gasteiger partial charge in [-0.3, -0.25) is 9.59 Å². The van der Waals surface area contributed by atoms with Crippen molar-refractivity contribution in [2.45, 2.75) is 37.5 Å². The van der Waals surface area contributed by atoms with E-state index in [-0.39, 0.29) is 42.7 Å². The number of ether oxygens (including phenoxy) is 1. The van der Waals surface area contributed by atoms with E-state index in [1.165, 1.54) is 4.31 Å². The lowest BCUT2D eigenvalue weighted by Crippen LogP contribution is -2.42. The molecule has 0 aromatic heterocycles. The van der Waals surface area contributed by atoms with Gasteiger partial charge in [-0.1, -0.05) is 41.4 Å². The van der Waals surface area contributed by atoms with Gasteiger partial charge >= 0.3 is 0 Å². The van der Waals surface area contributed by atoms with Gasteiger partial charge in [0.05, 0.1) is 33.2 Å². The van der Waals surface area contributed by atoms with E-state index in [1.54, 1.807) is 42.5 Å². The zero-order valence-electron chi connectivity index (χ0n) is 19.7. The van der Waals surface area contributed by atoms with Gasteiger partial charge in [-0.05, 0) is 55.5 Å². The highest BCUT2D eigenvalue weighted by Crippen LogP contribution is 2.27. The fourth-order valence-electron chi connectivity index (χ4n) is 4.46. The van der Waals surface area contributed by atoms with Gasteiger partial charge in [-0.15, -0.1) is 0 Å². The average Bonchev–Trinajstić information content (AvgIpc) is 3.39. The van der Waals surface area contributed by atoms with Crippen molar-refractivity contribution in [1.82, 2.24) is 9.62 Å². The first-order chi connectivity index (χ1) is 17.2. The van der Waals surface area contributed by atoms with E-state index in [4.69, 9.17) is 27.9 Å². The normalized spacial score (nSPS) is 19.2. The first-order valence-electron chi connectivity index (χ1n) is 11.9. The zero-order chi connectivity index (χ0) is 25.7. The Kier molecular flexibility index (Phi) is 8.90. The summed E-state index contributed by atoms with van der Waals surface area (Å²) < 4.78 is 32.7. The lowest BCUT2D eigenvalue weighted by Gasteiger charge is -2.30. The second kappa shape index (κ2) is 11.9. The van der Waals surface area contributed by atoms with Gasteiger partial charge in [0.15, 0.2) is 0 Å². The van der Waals surface area contributed by atoms with Crippen molar-refractivity contribution < 1.29 is 22.7 Å². The maximum absolute atomic E-state index is 13.0. The molecule has 2 amide bonds. The van der Waals surface area contributed by atoms with Crippen molar-refractivity contribution in [1.29, 1.82) is 0 Å². The molecule has 2 fully saturated rings. The van der Waals surface area contributed by atoms with E-state index < -0.39 is 10.0 Å².